The van der Waals surface area contributed by atoms with E-state index in [4.69, 9.17) is 0 Å². The monoisotopic (exact) mass is 165 g/mol. The molecule has 0 atom stereocenters. The third-order valence-corrected chi connectivity index (χ3v) is 2.60. The minimum atomic E-state index is 1.08. The molecule has 0 amide bonds. The van der Waals surface area contributed by atoms with Gasteiger partial charge in [-0.05, 0) is 17.9 Å². The first kappa shape index (κ1) is 6.92. The average Bonchev–Trinajstić information content (AvgIpc) is 2.58. The van der Waals surface area contributed by atoms with Gasteiger partial charge in [0.25, 0.3) is 0 Å². The van der Waals surface area contributed by atoms with Crippen LogP contribution in [-0.2, 0) is 0 Å². The van der Waals surface area contributed by atoms with Crippen molar-refractivity contribution in [3.63, 3.8) is 0 Å². The summed E-state index contributed by atoms with van der Waals surface area (Å²) in [4.78, 5) is 2.40. The van der Waals surface area contributed by atoms with Gasteiger partial charge in [-0.3, -0.25) is 0 Å². The molecule has 11 heavy (non-hydrogen) atoms. The van der Waals surface area contributed by atoms with Gasteiger partial charge in [-0.15, -0.1) is 0 Å². The van der Waals surface area contributed by atoms with Crippen molar-refractivity contribution in [1.82, 2.24) is 0 Å². The smallest absolute Gasteiger partial charge is 0.0477 e. The Morgan fingerprint density at radius 3 is 3.00 bits per heavy atom. The highest BCUT2D eigenvalue weighted by molar-refractivity contribution is 7.08. The summed E-state index contributed by atoms with van der Waals surface area (Å²) in [5, 5.41) is 4.34. The van der Waals surface area contributed by atoms with Crippen molar-refractivity contribution in [3.8, 4) is 0 Å². The van der Waals surface area contributed by atoms with Crippen molar-refractivity contribution in [2.24, 2.45) is 0 Å². The number of hydrogen-bond donors (Lipinski definition) is 0. The first-order valence-electron chi connectivity index (χ1n) is 3.89. The lowest BCUT2D eigenvalue weighted by atomic mass is 10.2. The molecular formula is C9H11NS. The van der Waals surface area contributed by atoms with E-state index >= 15 is 0 Å². The fourth-order valence-electron chi connectivity index (χ4n) is 1.31. The molecule has 0 N–H and O–H groups in total. The third-order valence-electron chi connectivity index (χ3n) is 1.93. The molecule has 58 valence electrons. The predicted molar refractivity (Wildman–Crippen MR) is 50.3 cm³/mol. The summed E-state index contributed by atoms with van der Waals surface area (Å²) >= 11 is 1.77. The van der Waals surface area contributed by atoms with Crippen LogP contribution < -0.4 is 4.90 Å². The normalized spacial score (nSPS) is 17.3. The molecule has 1 aromatic rings. The highest BCUT2D eigenvalue weighted by Crippen LogP contribution is 2.19. The molecule has 2 heterocycles. The Morgan fingerprint density at radius 1 is 1.36 bits per heavy atom. The maximum Gasteiger partial charge on any atom is 0.0477 e. The Labute approximate surface area is 71.0 Å². The lowest BCUT2D eigenvalue weighted by Crippen LogP contribution is -2.25. The summed E-state index contributed by atoms with van der Waals surface area (Å²) in [7, 11) is 0. The van der Waals surface area contributed by atoms with Gasteiger partial charge in [-0.25, -0.2) is 0 Å². The van der Waals surface area contributed by atoms with Gasteiger partial charge in [0, 0.05) is 24.2 Å². The molecule has 2 rings (SSSR count). The van der Waals surface area contributed by atoms with Gasteiger partial charge in [0.15, 0.2) is 0 Å². The highest BCUT2D eigenvalue weighted by Gasteiger charge is 2.05. The van der Waals surface area contributed by atoms with E-state index in [1.54, 1.807) is 11.3 Å². The van der Waals surface area contributed by atoms with Crippen molar-refractivity contribution < 1.29 is 0 Å². The van der Waals surface area contributed by atoms with E-state index < -0.39 is 0 Å². The minimum Gasteiger partial charge on any atom is -0.367 e. The van der Waals surface area contributed by atoms with Crippen LogP contribution in [0.5, 0.6) is 0 Å². The molecule has 0 fully saturated rings. The van der Waals surface area contributed by atoms with Crippen molar-refractivity contribution >= 4 is 17.0 Å². The van der Waals surface area contributed by atoms with Crippen LogP contribution in [0.1, 0.15) is 6.42 Å². The molecule has 0 bridgehead atoms. The van der Waals surface area contributed by atoms with E-state index in [1.807, 2.05) is 0 Å². The Kier molecular flexibility index (Phi) is 1.95. The molecular weight excluding hydrogens is 154 g/mol. The van der Waals surface area contributed by atoms with Gasteiger partial charge in [-0.1, -0.05) is 12.2 Å². The number of hydrogen-bond acceptors (Lipinski definition) is 2. The Balaban J connectivity index is 2.11. The van der Waals surface area contributed by atoms with E-state index in [0.29, 0.717) is 0 Å². The predicted octanol–water partition coefficient (Wildman–Crippen LogP) is 2.51. The van der Waals surface area contributed by atoms with E-state index in [2.05, 4.69) is 33.9 Å². The lowest BCUT2D eigenvalue weighted by Gasteiger charge is -2.23. The Bertz CT molecular complexity index is 238. The zero-order valence-corrected chi connectivity index (χ0v) is 7.18. The van der Waals surface area contributed by atoms with E-state index in [1.165, 1.54) is 18.7 Å². The van der Waals surface area contributed by atoms with Gasteiger partial charge in [0.2, 0.25) is 0 Å². The van der Waals surface area contributed by atoms with Crippen molar-refractivity contribution in [2.45, 2.75) is 6.42 Å². The molecule has 0 unspecified atom stereocenters. The van der Waals surface area contributed by atoms with Crippen molar-refractivity contribution in [1.29, 1.82) is 0 Å². The highest BCUT2D eigenvalue weighted by atomic mass is 32.1. The average molecular weight is 165 g/mol. The second-order valence-electron chi connectivity index (χ2n) is 2.69. The molecule has 0 spiro atoms. The van der Waals surface area contributed by atoms with Crippen LogP contribution in [0, 0.1) is 0 Å². The van der Waals surface area contributed by atoms with Gasteiger partial charge >= 0.3 is 0 Å². The quantitative estimate of drug-likeness (QED) is 0.578. The summed E-state index contributed by atoms with van der Waals surface area (Å²) in [5.74, 6) is 0. The van der Waals surface area contributed by atoms with Crippen LogP contribution in [0.3, 0.4) is 0 Å². The maximum atomic E-state index is 2.40. The zero-order chi connectivity index (χ0) is 7.52. The van der Waals surface area contributed by atoms with E-state index in [9.17, 15) is 0 Å². The number of thiophene rings is 1. The van der Waals surface area contributed by atoms with Crippen LogP contribution in [0.2, 0.25) is 0 Å². The number of rotatable bonds is 1. The summed E-state index contributed by atoms with van der Waals surface area (Å²) in [6.07, 6.45) is 5.68. The van der Waals surface area contributed by atoms with E-state index in [-0.39, 0.29) is 0 Å². The van der Waals surface area contributed by atoms with Gasteiger partial charge in [0.1, 0.15) is 0 Å². The first-order valence-corrected chi connectivity index (χ1v) is 4.83. The second-order valence-corrected chi connectivity index (χ2v) is 3.47. The standard InChI is InChI=1S/C9H11NS/c1-2-5-10(6-3-1)9-4-7-11-8-9/h1-2,4,7-8H,3,5-6H2. The molecule has 0 aliphatic carbocycles. The first-order chi connectivity index (χ1) is 5.47. The fourth-order valence-corrected chi connectivity index (χ4v) is 1.98. The molecule has 0 aromatic carbocycles. The van der Waals surface area contributed by atoms with Crippen molar-refractivity contribution in [2.75, 3.05) is 18.0 Å². The van der Waals surface area contributed by atoms with Crippen LogP contribution in [0.4, 0.5) is 5.69 Å². The Hall–Kier alpha value is -0.760. The lowest BCUT2D eigenvalue weighted by molar-refractivity contribution is 0.823. The SMILES string of the molecule is C1=CCN(c2ccsc2)CC1. The molecule has 0 radical (unpaired) electrons. The fraction of sp³-hybridized carbons (Fsp3) is 0.333. The van der Waals surface area contributed by atoms with Crippen LogP contribution in [-0.4, -0.2) is 13.1 Å². The molecule has 0 saturated heterocycles. The number of nitrogens with zero attached hydrogens (tertiary/aromatic N) is 1. The second kappa shape index (κ2) is 3.09. The third kappa shape index (κ3) is 1.46. The summed E-state index contributed by atoms with van der Waals surface area (Å²) in [6, 6.07) is 2.18. The number of anilines is 1. The summed E-state index contributed by atoms with van der Waals surface area (Å²) < 4.78 is 0. The van der Waals surface area contributed by atoms with Crippen LogP contribution >= 0.6 is 11.3 Å². The minimum absolute atomic E-state index is 1.08. The van der Waals surface area contributed by atoms with Gasteiger partial charge < -0.3 is 4.90 Å². The summed E-state index contributed by atoms with van der Waals surface area (Å²) in [6.45, 7) is 2.25. The largest absolute Gasteiger partial charge is 0.367 e. The molecule has 1 aromatic heterocycles. The molecule has 1 aliphatic rings. The van der Waals surface area contributed by atoms with E-state index in [0.717, 1.165) is 6.54 Å². The topological polar surface area (TPSA) is 3.24 Å². The molecule has 1 aliphatic heterocycles. The molecule has 2 heteroatoms. The van der Waals surface area contributed by atoms with Crippen LogP contribution in [0.15, 0.2) is 29.0 Å². The van der Waals surface area contributed by atoms with Crippen molar-refractivity contribution in [3.05, 3.63) is 29.0 Å². The maximum absolute atomic E-state index is 2.40. The van der Waals surface area contributed by atoms with Gasteiger partial charge in [0.05, 0.1) is 0 Å². The Morgan fingerprint density at radius 2 is 2.36 bits per heavy atom. The summed E-state index contributed by atoms with van der Waals surface area (Å²) in [5.41, 5.74) is 1.37. The molecule has 1 nitrogen and oxygen atoms in total. The van der Waals surface area contributed by atoms with Gasteiger partial charge in [-0.2, -0.15) is 11.3 Å². The zero-order valence-electron chi connectivity index (χ0n) is 6.36. The molecule has 0 saturated carbocycles. The van der Waals surface area contributed by atoms with Crippen LogP contribution in [0.25, 0.3) is 0 Å².